The van der Waals surface area contributed by atoms with Gasteiger partial charge in [0.25, 0.3) is 0 Å². The summed E-state index contributed by atoms with van der Waals surface area (Å²) in [5.41, 5.74) is 7.53. The van der Waals surface area contributed by atoms with Crippen molar-refractivity contribution in [1.29, 1.82) is 0 Å². The van der Waals surface area contributed by atoms with E-state index in [-0.39, 0.29) is 5.41 Å². The zero-order valence-corrected chi connectivity index (χ0v) is 16.1. The van der Waals surface area contributed by atoms with Crippen LogP contribution < -0.4 is 0 Å². The predicted octanol–water partition coefficient (Wildman–Crippen LogP) is 7.54. The summed E-state index contributed by atoms with van der Waals surface area (Å²) in [7, 11) is 0. The van der Waals surface area contributed by atoms with Gasteiger partial charge in [-0.05, 0) is 70.3 Å². The molecule has 0 unspecified atom stereocenters. The molecule has 5 rings (SSSR count). The molecular formula is C23H20S2. The summed E-state index contributed by atoms with van der Waals surface area (Å²) in [6.07, 6.45) is 7.05. The van der Waals surface area contributed by atoms with Crippen LogP contribution in [0.5, 0.6) is 0 Å². The van der Waals surface area contributed by atoms with Gasteiger partial charge in [-0.3, -0.25) is 0 Å². The van der Waals surface area contributed by atoms with Gasteiger partial charge in [-0.1, -0.05) is 44.2 Å². The molecule has 0 fully saturated rings. The molecule has 0 saturated heterocycles. The van der Waals surface area contributed by atoms with Crippen LogP contribution in [-0.2, 0) is 5.41 Å². The van der Waals surface area contributed by atoms with Gasteiger partial charge >= 0.3 is 0 Å². The second-order valence-electron chi connectivity index (χ2n) is 7.36. The Morgan fingerprint density at radius 2 is 1.84 bits per heavy atom. The van der Waals surface area contributed by atoms with Crippen molar-refractivity contribution in [3.63, 3.8) is 0 Å². The van der Waals surface area contributed by atoms with Crippen molar-refractivity contribution in [3.8, 4) is 20.2 Å². The van der Waals surface area contributed by atoms with Gasteiger partial charge in [0, 0.05) is 20.0 Å². The van der Waals surface area contributed by atoms with Gasteiger partial charge in [-0.15, -0.1) is 22.7 Å². The van der Waals surface area contributed by atoms with Crippen LogP contribution in [0.15, 0.2) is 65.6 Å². The van der Waals surface area contributed by atoms with Crippen molar-refractivity contribution in [3.05, 3.63) is 76.7 Å². The summed E-state index contributed by atoms with van der Waals surface area (Å²) in [6, 6.07) is 16.0. The van der Waals surface area contributed by atoms with Gasteiger partial charge in [-0.2, -0.15) is 0 Å². The molecule has 1 aromatic carbocycles. The van der Waals surface area contributed by atoms with E-state index in [0.717, 1.165) is 0 Å². The summed E-state index contributed by atoms with van der Waals surface area (Å²) in [6.45, 7) is 4.75. The fourth-order valence-corrected chi connectivity index (χ4v) is 6.03. The lowest BCUT2D eigenvalue weighted by Crippen LogP contribution is -2.16. The Hall–Kier alpha value is -1.90. The monoisotopic (exact) mass is 360 g/mol. The van der Waals surface area contributed by atoms with Gasteiger partial charge < -0.3 is 0 Å². The van der Waals surface area contributed by atoms with Crippen molar-refractivity contribution in [2.45, 2.75) is 32.1 Å². The number of benzene rings is 1. The van der Waals surface area contributed by atoms with E-state index in [4.69, 9.17) is 0 Å². The molecule has 0 amide bonds. The van der Waals surface area contributed by atoms with Gasteiger partial charge in [0.15, 0.2) is 0 Å². The predicted molar refractivity (Wildman–Crippen MR) is 111 cm³/mol. The largest absolute Gasteiger partial charge is 0.143 e. The first-order chi connectivity index (χ1) is 12.1. The zero-order valence-electron chi connectivity index (χ0n) is 14.5. The molecule has 2 heteroatoms. The maximum Gasteiger partial charge on any atom is 0.0449 e. The van der Waals surface area contributed by atoms with Crippen molar-refractivity contribution in [2.75, 3.05) is 0 Å². The molecule has 0 spiro atoms. The molecule has 0 radical (unpaired) electrons. The Bertz CT molecular complexity index is 1010. The van der Waals surface area contributed by atoms with Gasteiger partial charge in [-0.25, -0.2) is 0 Å². The van der Waals surface area contributed by atoms with Crippen molar-refractivity contribution in [2.24, 2.45) is 0 Å². The Kier molecular flexibility index (Phi) is 3.41. The van der Waals surface area contributed by atoms with Crippen molar-refractivity contribution < 1.29 is 0 Å². The van der Waals surface area contributed by atoms with Crippen LogP contribution in [0.4, 0.5) is 0 Å². The van der Waals surface area contributed by atoms with E-state index in [1.165, 1.54) is 49.7 Å². The number of hydrogen-bond donors (Lipinski definition) is 0. The molecular weight excluding hydrogens is 340 g/mol. The van der Waals surface area contributed by atoms with E-state index < -0.39 is 0 Å². The minimum absolute atomic E-state index is 0.117. The van der Waals surface area contributed by atoms with Gasteiger partial charge in [0.2, 0.25) is 0 Å². The van der Waals surface area contributed by atoms with Crippen LogP contribution in [0, 0.1) is 0 Å². The fraction of sp³-hybridized carbons (Fsp3) is 0.217. The summed E-state index contributed by atoms with van der Waals surface area (Å²) < 4.78 is 0. The van der Waals surface area contributed by atoms with Crippen LogP contribution in [0.25, 0.3) is 25.8 Å². The molecule has 124 valence electrons. The minimum atomic E-state index is 0.117. The Balaban J connectivity index is 1.58. The molecule has 0 nitrogen and oxygen atoms in total. The second kappa shape index (κ2) is 5.55. The normalized spacial score (nSPS) is 17.7. The Morgan fingerprint density at radius 3 is 2.68 bits per heavy atom. The molecule has 0 atom stereocenters. The maximum atomic E-state index is 2.44. The average Bonchev–Trinajstić information content (AvgIpc) is 3.35. The highest BCUT2D eigenvalue weighted by Crippen LogP contribution is 2.51. The molecule has 25 heavy (non-hydrogen) atoms. The van der Waals surface area contributed by atoms with E-state index in [0.29, 0.717) is 0 Å². The quantitative estimate of drug-likeness (QED) is 0.443. The van der Waals surface area contributed by atoms with E-state index in [2.05, 4.69) is 73.8 Å². The average molecular weight is 361 g/mol. The van der Waals surface area contributed by atoms with Crippen LogP contribution in [0.2, 0.25) is 0 Å². The van der Waals surface area contributed by atoms with Crippen LogP contribution in [-0.4, -0.2) is 0 Å². The van der Waals surface area contributed by atoms with E-state index in [1.807, 2.05) is 22.7 Å². The summed E-state index contributed by atoms with van der Waals surface area (Å²) in [5, 5.41) is 2.15. The third-order valence-electron chi connectivity index (χ3n) is 5.52. The first kappa shape index (κ1) is 15.4. The zero-order chi connectivity index (χ0) is 17.0. The lowest BCUT2D eigenvalue weighted by molar-refractivity contribution is 0.651. The number of allylic oxidation sites excluding steroid dienone is 4. The number of hydrogen-bond acceptors (Lipinski definition) is 2. The molecule has 0 saturated carbocycles. The van der Waals surface area contributed by atoms with Crippen LogP contribution in [0.1, 0.15) is 37.8 Å². The summed E-state index contributed by atoms with van der Waals surface area (Å²) >= 11 is 3.71. The van der Waals surface area contributed by atoms with Crippen LogP contribution >= 0.6 is 22.7 Å². The number of thiophene rings is 2. The highest BCUT2D eigenvalue weighted by Gasteiger charge is 2.37. The minimum Gasteiger partial charge on any atom is -0.143 e. The molecule has 3 aromatic rings. The summed E-state index contributed by atoms with van der Waals surface area (Å²) in [4.78, 5) is 4.09. The molecule has 0 aliphatic heterocycles. The Labute approximate surface area is 157 Å². The molecule has 2 heterocycles. The highest BCUT2D eigenvalue weighted by atomic mass is 32.1. The molecule has 2 aliphatic carbocycles. The molecule has 2 aromatic heterocycles. The lowest BCUT2D eigenvalue weighted by atomic mass is 9.79. The topological polar surface area (TPSA) is 0 Å². The van der Waals surface area contributed by atoms with E-state index in [9.17, 15) is 0 Å². The molecule has 0 bridgehead atoms. The van der Waals surface area contributed by atoms with Gasteiger partial charge in [0.05, 0.1) is 0 Å². The second-order valence-corrected chi connectivity index (χ2v) is 9.39. The van der Waals surface area contributed by atoms with E-state index in [1.54, 1.807) is 5.57 Å². The summed E-state index contributed by atoms with van der Waals surface area (Å²) in [5.74, 6) is 0. The van der Waals surface area contributed by atoms with E-state index >= 15 is 0 Å². The smallest absolute Gasteiger partial charge is 0.0449 e. The van der Waals surface area contributed by atoms with Crippen molar-refractivity contribution in [1.82, 2.24) is 0 Å². The first-order valence-corrected chi connectivity index (χ1v) is 10.5. The third-order valence-corrected chi connectivity index (χ3v) is 7.72. The van der Waals surface area contributed by atoms with Crippen LogP contribution in [0.3, 0.4) is 0 Å². The molecule has 2 aliphatic rings. The molecule has 0 N–H and O–H groups in total. The standard InChI is InChI=1S/C23H20S2/c1-23(2)18-7-4-3-6-16(18)17-10-9-15(14-19(17)23)20-11-12-22(25-20)21-8-5-13-24-21/h4-5,7-14H,3,6H2,1-2H3. The highest BCUT2D eigenvalue weighted by molar-refractivity contribution is 7.23. The third kappa shape index (κ3) is 2.32. The maximum absolute atomic E-state index is 2.44. The van der Waals surface area contributed by atoms with Gasteiger partial charge in [0.1, 0.15) is 0 Å². The number of fused-ring (bicyclic) bond motifs is 2. The Morgan fingerprint density at radius 1 is 0.960 bits per heavy atom. The fourth-order valence-electron chi connectivity index (χ4n) is 4.20. The number of rotatable bonds is 2. The lowest BCUT2D eigenvalue weighted by Gasteiger charge is -2.24. The SMILES string of the molecule is CC1(C)C2=C(CCC=C2)c2ccc(-c3ccc(-c4cccs4)s3)cc21. The first-order valence-electron chi connectivity index (χ1n) is 8.84. The van der Waals surface area contributed by atoms with Crippen molar-refractivity contribution >= 4 is 28.2 Å².